The Bertz CT molecular complexity index is 649. The topological polar surface area (TPSA) is 92.3 Å². The van der Waals surface area contributed by atoms with Gasteiger partial charge in [-0.25, -0.2) is 5.43 Å². The van der Waals surface area contributed by atoms with E-state index in [1.807, 2.05) is 31.2 Å². The molecule has 0 unspecified atom stereocenters. The molecule has 0 spiro atoms. The van der Waals surface area contributed by atoms with E-state index < -0.39 is 0 Å². The van der Waals surface area contributed by atoms with Gasteiger partial charge in [0.25, 0.3) is 5.56 Å². The van der Waals surface area contributed by atoms with E-state index in [1.165, 1.54) is 0 Å². The Hall–Kier alpha value is -2.70. The molecule has 0 atom stereocenters. The van der Waals surface area contributed by atoms with Gasteiger partial charge in [0, 0.05) is 0 Å². The van der Waals surface area contributed by atoms with Gasteiger partial charge in [-0.3, -0.25) is 9.78 Å². The first-order valence-electron chi connectivity index (χ1n) is 6.14. The zero-order chi connectivity index (χ0) is 14.4. The smallest absolute Gasteiger partial charge is 0.274 e. The summed E-state index contributed by atoms with van der Waals surface area (Å²) in [5, 5.41) is 11.4. The average Bonchev–Trinajstić information content (AvgIpc) is 2.45. The molecule has 0 saturated carbocycles. The maximum absolute atomic E-state index is 11.3. The third kappa shape index (κ3) is 3.64. The molecule has 7 nitrogen and oxygen atoms in total. The lowest BCUT2D eigenvalue weighted by Gasteiger charge is -2.02. The Labute approximate surface area is 115 Å². The van der Waals surface area contributed by atoms with Crippen molar-refractivity contribution in [2.45, 2.75) is 13.8 Å². The first-order chi connectivity index (χ1) is 9.69. The highest BCUT2D eigenvalue weighted by molar-refractivity contribution is 5.80. The molecule has 0 amide bonds. The molecule has 0 aliphatic carbocycles. The SMILES string of the molecule is CCOc1ccc(C=NNc2nnc(C)c(=O)[nH]2)cc1. The first-order valence-corrected chi connectivity index (χ1v) is 6.14. The molecule has 0 bridgehead atoms. The third-order valence-electron chi connectivity index (χ3n) is 2.44. The minimum absolute atomic E-state index is 0.197. The van der Waals surface area contributed by atoms with Crippen LogP contribution in [0.3, 0.4) is 0 Å². The number of anilines is 1. The third-order valence-corrected chi connectivity index (χ3v) is 2.44. The number of aryl methyl sites for hydroxylation is 1. The van der Waals surface area contributed by atoms with Crippen LogP contribution in [0, 0.1) is 6.92 Å². The summed E-state index contributed by atoms with van der Waals surface area (Å²) in [6.45, 7) is 4.15. The van der Waals surface area contributed by atoms with Crippen LogP contribution in [0.1, 0.15) is 18.2 Å². The molecule has 1 heterocycles. The number of nitrogens with one attached hydrogen (secondary N) is 2. The second-order valence-corrected chi connectivity index (χ2v) is 3.96. The van der Waals surface area contributed by atoms with Crippen LogP contribution in [0.25, 0.3) is 0 Å². The molecule has 20 heavy (non-hydrogen) atoms. The standard InChI is InChI=1S/C13H15N5O2/c1-3-20-11-6-4-10(5-7-11)8-14-17-13-15-12(19)9(2)16-18-13/h4-8H,3H2,1-2H3,(H2,15,17,18,19). The molecule has 2 N–H and O–H groups in total. The summed E-state index contributed by atoms with van der Waals surface area (Å²) >= 11 is 0. The summed E-state index contributed by atoms with van der Waals surface area (Å²) in [4.78, 5) is 13.8. The number of hydrogen-bond acceptors (Lipinski definition) is 6. The lowest BCUT2D eigenvalue weighted by molar-refractivity contribution is 0.340. The molecule has 0 radical (unpaired) electrons. The molecule has 0 aliphatic rings. The van der Waals surface area contributed by atoms with Gasteiger partial charge in [0.15, 0.2) is 0 Å². The lowest BCUT2D eigenvalue weighted by atomic mass is 10.2. The van der Waals surface area contributed by atoms with Crippen molar-refractivity contribution in [2.75, 3.05) is 12.0 Å². The zero-order valence-corrected chi connectivity index (χ0v) is 11.3. The van der Waals surface area contributed by atoms with E-state index in [0.717, 1.165) is 11.3 Å². The van der Waals surface area contributed by atoms with Crippen LogP contribution < -0.4 is 15.7 Å². The summed E-state index contributed by atoms with van der Waals surface area (Å²) in [6.07, 6.45) is 1.61. The predicted octanol–water partition coefficient (Wildman–Crippen LogP) is 1.32. The molecule has 1 aromatic carbocycles. The highest BCUT2D eigenvalue weighted by Crippen LogP contribution is 2.10. The molecule has 0 fully saturated rings. The Morgan fingerprint density at radius 2 is 2.10 bits per heavy atom. The number of benzene rings is 1. The van der Waals surface area contributed by atoms with Gasteiger partial charge in [0.2, 0.25) is 5.95 Å². The number of hydrogen-bond donors (Lipinski definition) is 2. The van der Waals surface area contributed by atoms with Crippen LogP contribution in [0.15, 0.2) is 34.2 Å². The van der Waals surface area contributed by atoms with Gasteiger partial charge in [0.05, 0.1) is 12.8 Å². The Morgan fingerprint density at radius 3 is 2.75 bits per heavy atom. The highest BCUT2D eigenvalue weighted by Gasteiger charge is 1.97. The van der Waals surface area contributed by atoms with E-state index in [4.69, 9.17) is 4.74 Å². The molecular formula is C13H15N5O2. The molecular weight excluding hydrogens is 258 g/mol. The zero-order valence-electron chi connectivity index (χ0n) is 11.3. The van der Waals surface area contributed by atoms with Crippen LogP contribution in [-0.4, -0.2) is 28.0 Å². The van der Waals surface area contributed by atoms with Crippen molar-refractivity contribution in [2.24, 2.45) is 5.10 Å². The monoisotopic (exact) mass is 273 g/mol. The number of aromatic nitrogens is 3. The minimum Gasteiger partial charge on any atom is -0.494 e. The van der Waals surface area contributed by atoms with Crippen molar-refractivity contribution in [1.82, 2.24) is 15.2 Å². The highest BCUT2D eigenvalue weighted by atomic mass is 16.5. The van der Waals surface area contributed by atoms with Gasteiger partial charge >= 0.3 is 0 Å². The molecule has 2 rings (SSSR count). The van der Waals surface area contributed by atoms with Crippen molar-refractivity contribution >= 4 is 12.2 Å². The molecule has 104 valence electrons. The first kappa shape index (κ1) is 13.7. The second-order valence-electron chi connectivity index (χ2n) is 3.96. The largest absolute Gasteiger partial charge is 0.494 e. The van der Waals surface area contributed by atoms with E-state index in [2.05, 4.69) is 25.7 Å². The predicted molar refractivity (Wildman–Crippen MR) is 76.2 cm³/mol. The number of ether oxygens (including phenoxy) is 1. The van der Waals surface area contributed by atoms with E-state index in [0.29, 0.717) is 12.3 Å². The summed E-state index contributed by atoms with van der Waals surface area (Å²) in [5.74, 6) is 1.01. The van der Waals surface area contributed by atoms with E-state index in [1.54, 1.807) is 13.1 Å². The van der Waals surface area contributed by atoms with E-state index >= 15 is 0 Å². The molecule has 2 aromatic rings. The average molecular weight is 273 g/mol. The Morgan fingerprint density at radius 1 is 1.35 bits per heavy atom. The van der Waals surface area contributed by atoms with Crippen molar-refractivity contribution in [3.63, 3.8) is 0 Å². The Kier molecular flexibility index (Phi) is 4.43. The van der Waals surface area contributed by atoms with Gasteiger partial charge in [-0.2, -0.15) is 5.10 Å². The number of H-pyrrole nitrogens is 1. The maximum atomic E-state index is 11.3. The fourth-order valence-electron chi connectivity index (χ4n) is 1.43. The maximum Gasteiger partial charge on any atom is 0.274 e. The van der Waals surface area contributed by atoms with Crippen LogP contribution in [-0.2, 0) is 0 Å². The quantitative estimate of drug-likeness (QED) is 0.633. The van der Waals surface area contributed by atoms with Gasteiger partial charge in [-0.05, 0) is 43.7 Å². The van der Waals surface area contributed by atoms with Crippen molar-refractivity contribution in [3.05, 3.63) is 45.9 Å². The summed E-state index contributed by atoms with van der Waals surface area (Å²) in [7, 11) is 0. The summed E-state index contributed by atoms with van der Waals surface area (Å²) in [6, 6.07) is 7.47. The fourth-order valence-corrected chi connectivity index (χ4v) is 1.43. The Balaban J connectivity index is 1.98. The van der Waals surface area contributed by atoms with Gasteiger partial charge in [-0.15, -0.1) is 10.2 Å². The molecule has 1 aromatic heterocycles. The lowest BCUT2D eigenvalue weighted by Crippen LogP contribution is -2.15. The summed E-state index contributed by atoms with van der Waals surface area (Å²) < 4.78 is 5.34. The van der Waals surface area contributed by atoms with Gasteiger partial charge in [-0.1, -0.05) is 0 Å². The number of nitrogens with zero attached hydrogens (tertiary/aromatic N) is 3. The van der Waals surface area contributed by atoms with Crippen molar-refractivity contribution < 1.29 is 4.74 Å². The minimum atomic E-state index is -0.293. The summed E-state index contributed by atoms with van der Waals surface area (Å²) in [5.41, 5.74) is 3.52. The fraction of sp³-hybridized carbons (Fsp3) is 0.231. The number of hydrazone groups is 1. The van der Waals surface area contributed by atoms with Crippen molar-refractivity contribution in [3.8, 4) is 5.75 Å². The normalized spacial score (nSPS) is 10.7. The van der Waals surface area contributed by atoms with Crippen LogP contribution >= 0.6 is 0 Å². The second kappa shape index (κ2) is 6.46. The molecule has 0 saturated heterocycles. The van der Waals surface area contributed by atoms with Crippen LogP contribution in [0.2, 0.25) is 0 Å². The van der Waals surface area contributed by atoms with Crippen LogP contribution in [0.4, 0.5) is 5.95 Å². The number of aromatic amines is 1. The molecule has 7 heteroatoms. The van der Waals surface area contributed by atoms with Gasteiger partial charge < -0.3 is 4.74 Å². The van der Waals surface area contributed by atoms with E-state index in [-0.39, 0.29) is 11.5 Å². The van der Waals surface area contributed by atoms with Crippen molar-refractivity contribution in [1.29, 1.82) is 0 Å². The van der Waals surface area contributed by atoms with E-state index in [9.17, 15) is 4.79 Å². The molecule has 0 aliphatic heterocycles. The van der Waals surface area contributed by atoms with Gasteiger partial charge in [0.1, 0.15) is 11.4 Å². The van der Waals surface area contributed by atoms with Crippen LogP contribution in [0.5, 0.6) is 5.75 Å². The number of rotatable bonds is 5.